The molecule has 0 spiro atoms. The Kier molecular flexibility index (Phi) is 8.76. The van der Waals surface area contributed by atoms with Gasteiger partial charge in [0.2, 0.25) is 17.7 Å². The van der Waals surface area contributed by atoms with Crippen molar-refractivity contribution in [3.05, 3.63) is 0 Å². The van der Waals surface area contributed by atoms with Gasteiger partial charge in [-0.1, -0.05) is 0 Å². The van der Waals surface area contributed by atoms with E-state index in [-0.39, 0.29) is 13.0 Å². The molecule has 4 atom stereocenters. The summed E-state index contributed by atoms with van der Waals surface area (Å²) in [5.41, 5.74) is 5.48. The zero-order valence-electron chi connectivity index (χ0n) is 14.9. The van der Waals surface area contributed by atoms with E-state index in [4.69, 9.17) is 21.1 Å². The van der Waals surface area contributed by atoms with Gasteiger partial charge in [-0.2, -0.15) is 0 Å². The molecule has 0 bridgehead atoms. The number of carbonyl (C=O) groups excluding carboxylic acids is 3. The van der Waals surface area contributed by atoms with Gasteiger partial charge in [-0.15, -0.1) is 0 Å². The highest BCUT2D eigenvalue weighted by atomic mass is 16.4. The lowest BCUT2D eigenvalue weighted by molar-refractivity contribution is -0.147. The topological polar surface area (TPSA) is 220 Å². The van der Waals surface area contributed by atoms with Gasteiger partial charge >= 0.3 is 11.9 Å². The number of aliphatic hydroxyl groups excluding tert-OH is 2. The number of rotatable bonds is 10. The van der Waals surface area contributed by atoms with Crippen molar-refractivity contribution in [2.24, 2.45) is 5.73 Å². The monoisotopic (exact) mass is 404 g/mol. The third-order valence-electron chi connectivity index (χ3n) is 4.16. The molecule has 0 aromatic carbocycles. The van der Waals surface area contributed by atoms with Crippen LogP contribution in [0.4, 0.5) is 0 Å². The fourth-order valence-electron chi connectivity index (χ4n) is 2.70. The minimum atomic E-state index is -1.75. The van der Waals surface area contributed by atoms with Crippen LogP contribution in [0.5, 0.6) is 0 Å². The van der Waals surface area contributed by atoms with Gasteiger partial charge in [0.15, 0.2) is 0 Å². The molecule has 1 aliphatic heterocycles. The van der Waals surface area contributed by atoms with Crippen LogP contribution in [0.25, 0.3) is 0 Å². The second-order valence-corrected chi connectivity index (χ2v) is 6.22. The third kappa shape index (κ3) is 6.14. The highest BCUT2D eigenvalue weighted by Crippen LogP contribution is 2.18. The van der Waals surface area contributed by atoms with Crippen LogP contribution in [0.1, 0.15) is 19.3 Å². The van der Waals surface area contributed by atoms with Crippen LogP contribution in [0.3, 0.4) is 0 Å². The molecule has 0 aliphatic carbocycles. The van der Waals surface area contributed by atoms with Crippen molar-refractivity contribution < 1.29 is 44.4 Å². The number of amides is 3. The molecular weight excluding hydrogens is 380 g/mol. The zero-order valence-corrected chi connectivity index (χ0v) is 14.9. The SMILES string of the molecule is NC(CO)C(=O)N1CCCC1C(=O)NC(CO)C(=O)NC(CC(=O)O)C(=O)O. The Labute approximate surface area is 159 Å². The Morgan fingerprint density at radius 2 is 1.68 bits per heavy atom. The lowest BCUT2D eigenvalue weighted by Gasteiger charge is -2.27. The average Bonchev–Trinajstić information content (AvgIpc) is 3.13. The maximum absolute atomic E-state index is 12.4. The van der Waals surface area contributed by atoms with Crippen LogP contribution in [-0.2, 0) is 24.0 Å². The number of likely N-dealkylation sites (tertiary alicyclic amines) is 1. The number of aliphatic carboxylic acids is 2. The summed E-state index contributed by atoms with van der Waals surface area (Å²) in [6, 6.07) is -5.46. The molecule has 158 valence electrons. The Morgan fingerprint density at radius 3 is 2.18 bits per heavy atom. The molecule has 1 heterocycles. The first kappa shape index (κ1) is 23.3. The molecule has 8 N–H and O–H groups in total. The molecule has 3 amide bonds. The van der Waals surface area contributed by atoms with Gasteiger partial charge in [-0.05, 0) is 12.8 Å². The van der Waals surface area contributed by atoms with E-state index in [0.29, 0.717) is 6.42 Å². The number of nitrogens with two attached hydrogens (primary N) is 1. The number of hydrogen-bond acceptors (Lipinski definition) is 8. The Morgan fingerprint density at radius 1 is 1.04 bits per heavy atom. The van der Waals surface area contributed by atoms with E-state index in [2.05, 4.69) is 5.32 Å². The molecule has 0 saturated carbocycles. The summed E-state index contributed by atoms with van der Waals surface area (Å²) in [7, 11) is 0. The normalized spacial score (nSPS) is 19.4. The fraction of sp³-hybridized carbons (Fsp3) is 0.667. The van der Waals surface area contributed by atoms with Crippen molar-refractivity contribution in [2.45, 2.75) is 43.4 Å². The second-order valence-electron chi connectivity index (χ2n) is 6.22. The lowest BCUT2D eigenvalue weighted by atomic mass is 10.1. The van der Waals surface area contributed by atoms with Crippen molar-refractivity contribution in [2.75, 3.05) is 19.8 Å². The van der Waals surface area contributed by atoms with Crippen LogP contribution in [0.2, 0.25) is 0 Å². The molecule has 4 unspecified atom stereocenters. The minimum absolute atomic E-state index is 0.223. The first-order valence-electron chi connectivity index (χ1n) is 8.45. The first-order chi connectivity index (χ1) is 13.1. The lowest BCUT2D eigenvalue weighted by Crippen LogP contribution is -2.58. The van der Waals surface area contributed by atoms with Crippen LogP contribution in [0, 0.1) is 0 Å². The van der Waals surface area contributed by atoms with Crippen molar-refractivity contribution in [3.63, 3.8) is 0 Å². The van der Waals surface area contributed by atoms with Crippen molar-refractivity contribution in [1.29, 1.82) is 0 Å². The molecule has 1 saturated heterocycles. The number of carboxylic acids is 2. The molecule has 13 heteroatoms. The number of aliphatic hydroxyl groups is 2. The van der Waals surface area contributed by atoms with Gasteiger partial charge in [0.25, 0.3) is 0 Å². The third-order valence-corrected chi connectivity index (χ3v) is 4.16. The predicted molar refractivity (Wildman–Crippen MR) is 90.6 cm³/mol. The number of carbonyl (C=O) groups is 5. The van der Waals surface area contributed by atoms with Crippen LogP contribution < -0.4 is 16.4 Å². The Bertz CT molecular complexity index is 627. The van der Waals surface area contributed by atoms with E-state index in [1.54, 1.807) is 0 Å². The molecule has 0 aromatic rings. The summed E-state index contributed by atoms with van der Waals surface area (Å²) >= 11 is 0. The van der Waals surface area contributed by atoms with Gasteiger partial charge in [0.05, 0.1) is 19.6 Å². The van der Waals surface area contributed by atoms with Gasteiger partial charge in [0, 0.05) is 6.54 Å². The molecule has 1 fully saturated rings. The van der Waals surface area contributed by atoms with Crippen molar-refractivity contribution >= 4 is 29.7 Å². The van der Waals surface area contributed by atoms with E-state index in [9.17, 15) is 29.1 Å². The molecule has 28 heavy (non-hydrogen) atoms. The second kappa shape index (κ2) is 10.5. The maximum atomic E-state index is 12.4. The first-order valence-corrected chi connectivity index (χ1v) is 8.45. The van der Waals surface area contributed by atoms with Gasteiger partial charge in [-0.3, -0.25) is 19.2 Å². The predicted octanol–water partition coefficient (Wildman–Crippen LogP) is -4.18. The number of carboxylic acid groups (broad SMARTS) is 2. The summed E-state index contributed by atoms with van der Waals surface area (Å²) in [5.74, 6) is -5.55. The quantitative estimate of drug-likeness (QED) is 0.186. The zero-order chi connectivity index (χ0) is 21.4. The van der Waals surface area contributed by atoms with E-state index < -0.39 is 73.5 Å². The molecule has 13 nitrogen and oxygen atoms in total. The number of nitrogens with one attached hydrogen (secondary N) is 2. The van der Waals surface area contributed by atoms with Gasteiger partial charge in [-0.25, -0.2) is 4.79 Å². The summed E-state index contributed by atoms with van der Waals surface area (Å²) in [4.78, 5) is 59.5. The largest absolute Gasteiger partial charge is 0.481 e. The van der Waals surface area contributed by atoms with E-state index >= 15 is 0 Å². The number of nitrogens with zero attached hydrogens (tertiary/aromatic N) is 1. The van der Waals surface area contributed by atoms with Crippen LogP contribution in [0.15, 0.2) is 0 Å². The molecule has 1 rings (SSSR count). The summed E-state index contributed by atoms with van der Waals surface area (Å²) in [6.45, 7) is -1.26. The Hall–Kier alpha value is -2.77. The van der Waals surface area contributed by atoms with E-state index in [1.807, 2.05) is 5.32 Å². The summed E-state index contributed by atoms with van der Waals surface area (Å²) in [6.07, 6.45) is -0.138. The molecule has 0 aromatic heterocycles. The highest BCUT2D eigenvalue weighted by molar-refractivity contribution is 5.95. The fourth-order valence-corrected chi connectivity index (χ4v) is 2.70. The van der Waals surface area contributed by atoms with E-state index in [1.165, 1.54) is 0 Å². The smallest absolute Gasteiger partial charge is 0.326 e. The van der Waals surface area contributed by atoms with Crippen molar-refractivity contribution in [1.82, 2.24) is 15.5 Å². The summed E-state index contributed by atoms with van der Waals surface area (Å²) in [5, 5.41) is 40.1. The molecule has 1 aliphatic rings. The molecular formula is C15H24N4O9. The van der Waals surface area contributed by atoms with Crippen molar-refractivity contribution in [3.8, 4) is 0 Å². The Balaban J connectivity index is 2.78. The maximum Gasteiger partial charge on any atom is 0.326 e. The standard InChI is InChI=1S/C15H24N4O9/c16-7(5-20)14(26)19-3-1-2-10(19)13(25)18-9(6-21)12(24)17-8(15(27)28)4-11(22)23/h7-10,20-21H,1-6,16H2,(H,17,24)(H,18,25)(H,22,23)(H,27,28). The highest BCUT2D eigenvalue weighted by Gasteiger charge is 2.37. The minimum Gasteiger partial charge on any atom is -0.481 e. The molecule has 0 radical (unpaired) electrons. The summed E-state index contributed by atoms with van der Waals surface area (Å²) < 4.78 is 0. The number of hydrogen-bond donors (Lipinski definition) is 7. The van der Waals surface area contributed by atoms with E-state index in [0.717, 1.165) is 4.90 Å². The van der Waals surface area contributed by atoms with Crippen LogP contribution >= 0.6 is 0 Å². The average molecular weight is 404 g/mol. The van der Waals surface area contributed by atoms with Crippen LogP contribution in [-0.4, -0.2) is 98.9 Å². The van der Waals surface area contributed by atoms with Gasteiger partial charge in [0.1, 0.15) is 24.2 Å². The van der Waals surface area contributed by atoms with Gasteiger partial charge < -0.3 is 41.7 Å².